The molecule has 1 aliphatic rings. The zero-order valence-corrected chi connectivity index (χ0v) is 10.8. The van der Waals surface area contributed by atoms with Crippen LogP contribution in [-0.4, -0.2) is 31.7 Å². The SMILES string of the molecule is COCCCN1Cc2c(cc(F)c(F)c2F)C1CN. The van der Waals surface area contributed by atoms with E-state index >= 15 is 0 Å². The van der Waals surface area contributed by atoms with Crippen molar-refractivity contribution in [3.05, 3.63) is 34.6 Å². The number of methoxy groups -OCH3 is 1. The Morgan fingerprint density at radius 2 is 2.11 bits per heavy atom. The number of fused-ring (bicyclic) bond motifs is 1. The zero-order chi connectivity index (χ0) is 14.0. The van der Waals surface area contributed by atoms with Crippen LogP contribution in [0.2, 0.25) is 0 Å². The van der Waals surface area contributed by atoms with E-state index in [9.17, 15) is 13.2 Å². The molecule has 0 aliphatic carbocycles. The fourth-order valence-electron chi connectivity index (χ4n) is 2.54. The van der Waals surface area contributed by atoms with Gasteiger partial charge in [-0.05, 0) is 18.1 Å². The van der Waals surface area contributed by atoms with Gasteiger partial charge in [-0.15, -0.1) is 0 Å². The summed E-state index contributed by atoms with van der Waals surface area (Å²) in [6, 6.07) is 0.790. The van der Waals surface area contributed by atoms with Crippen LogP contribution in [0.5, 0.6) is 0 Å². The molecule has 2 N–H and O–H groups in total. The molecule has 0 radical (unpaired) electrons. The summed E-state index contributed by atoms with van der Waals surface area (Å²) in [5.41, 5.74) is 6.34. The maximum Gasteiger partial charge on any atom is 0.194 e. The molecule has 0 aromatic heterocycles. The van der Waals surface area contributed by atoms with E-state index in [2.05, 4.69) is 0 Å². The van der Waals surface area contributed by atoms with Crippen LogP contribution < -0.4 is 5.73 Å². The number of halogens is 3. The number of nitrogens with zero attached hydrogens (tertiary/aromatic N) is 1. The first-order valence-electron chi connectivity index (χ1n) is 6.19. The lowest BCUT2D eigenvalue weighted by Gasteiger charge is -2.23. The summed E-state index contributed by atoms with van der Waals surface area (Å²) in [7, 11) is 1.60. The molecule has 0 amide bonds. The van der Waals surface area contributed by atoms with Crippen molar-refractivity contribution in [1.82, 2.24) is 4.90 Å². The normalized spacial score (nSPS) is 18.9. The molecule has 19 heavy (non-hydrogen) atoms. The minimum Gasteiger partial charge on any atom is -0.385 e. The van der Waals surface area contributed by atoms with E-state index in [0.29, 0.717) is 18.7 Å². The fraction of sp³-hybridized carbons (Fsp3) is 0.538. The first-order valence-corrected chi connectivity index (χ1v) is 6.19. The predicted molar refractivity (Wildman–Crippen MR) is 65.0 cm³/mol. The second-order valence-corrected chi connectivity index (χ2v) is 4.62. The Morgan fingerprint density at radius 1 is 1.37 bits per heavy atom. The third-order valence-corrected chi connectivity index (χ3v) is 3.48. The molecule has 1 aromatic rings. The Kier molecular flexibility index (Phi) is 4.44. The Hall–Kier alpha value is -1.11. The van der Waals surface area contributed by atoms with Crippen molar-refractivity contribution in [2.45, 2.75) is 19.0 Å². The van der Waals surface area contributed by atoms with E-state index in [0.717, 1.165) is 12.5 Å². The van der Waals surface area contributed by atoms with Crippen molar-refractivity contribution in [3.8, 4) is 0 Å². The molecule has 2 rings (SSSR count). The third kappa shape index (κ3) is 2.61. The molecule has 0 spiro atoms. The molecule has 0 saturated carbocycles. The highest BCUT2D eigenvalue weighted by atomic mass is 19.2. The average molecular weight is 274 g/mol. The quantitative estimate of drug-likeness (QED) is 0.659. The van der Waals surface area contributed by atoms with Crippen LogP contribution >= 0.6 is 0 Å². The van der Waals surface area contributed by atoms with Gasteiger partial charge in [0.05, 0.1) is 0 Å². The molecular formula is C13H17F3N2O. The number of ether oxygens (including phenoxy) is 1. The average Bonchev–Trinajstić information content (AvgIpc) is 2.74. The summed E-state index contributed by atoms with van der Waals surface area (Å²) >= 11 is 0. The van der Waals surface area contributed by atoms with Crippen LogP contribution in [0.25, 0.3) is 0 Å². The Labute approximate surface area is 110 Å². The topological polar surface area (TPSA) is 38.5 Å². The van der Waals surface area contributed by atoms with Crippen LogP contribution in [-0.2, 0) is 11.3 Å². The van der Waals surface area contributed by atoms with E-state index in [1.807, 2.05) is 4.90 Å². The molecule has 0 saturated heterocycles. The van der Waals surface area contributed by atoms with E-state index < -0.39 is 17.5 Å². The second-order valence-electron chi connectivity index (χ2n) is 4.62. The van der Waals surface area contributed by atoms with Crippen LogP contribution in [0.3, 0.4) is 0 Å². The van der Waals surface area contributed by atoms with Crippen molar-refractivity contribution >= 4 is 0 Å². The van der Waals surface area contributed by atoms with Crippen molar-refractivity contribution < 1.29 is 17.9 Å². The van der Waals surface area contributed by atoms with Gasteiger partial charge in [-0.25, -0.2) is 13.2 Å². The fourth-order valence-corrected chi connectivity index (χ4v) is 2.54. The molecule has 0 bridgehead atoms. The maximum absolute atomic E-state index is 13.7. The van der Waals surface area contributed by atoms with Crippen LogP contribution in [0.15, 0.2) is 6.07 Å². The first-order chi connectivity index (χ1) is 9.10. The molecule has 3 nitrogen and oxygen atoms in total. The molecule has 1 aromatic carbocycles. The monoisotopic (exact) mass is 274 g/mol. The first kappa shape index (κ1) is 14.3. The Morgan fingerprint density at radius 3 is 2.74 bits per heavy atom. The highest BCUT2D eigenvalue weighted by molar-refractivity contribution is 5.37. The van der Waals surface area contributed by atoms with Gasteiger partial charge in [-0.1, -0.05) is 0 Å². The van der Waals surface area contributed by atoms with E-state index in [-0.39, 0.29) is 24.7 Å². The van der Waals surface area contributed by atoms with Gasteiger partial charge < -0.3 is 10.5 Å². The predicted octanol–water partition coefficient (Wildman–Crippen LogP) is 1.96. The summed E-state index contributed by atoms with van der Waals surface area (Å²) in [5.74, 6) is -3.66. The van der Waals surface area contributed by atoms with Crippen LogP contribution in [0.4, 0.5) is 13.2 Å². The highest BCUT2D eigenvalue weighted by Crippen LogP contribution is 2.36. The van der Waals surface area contributed by atoms with Crippen molar-refractivity contribution in [3.63, 3.8) is 0 Å². The number of hydrogen-bond acceptors (Lipinski definition) is 3. The lowest BCUT2D eigenvalue weighted by molar-refractivity contribution is 0.156. The van der Waals surface area contributed by atoms with E-state index in [1.54, 1.807) is 7.11 Å². The molecule has 1 heterocycles. The van der Waals surface area contributed by atoms with Crippen LogP contribution in [0.1, 0.15) is 23.6 Å². The molecule has 1 unspecified atom stereocenters. The summed E-state index contributed by atoms with van der Waals surface area (Å²) in [6.45, 7) is 1.72. The number of hydrogen-bond donors (Lipinski definition) is 1. The number of rotatable bonds is 5. The maximum atomic E-state index is 13.7. The van der Waals surface area contributed by atoms with Gasteiger partial charge in [0.2, 0.25) is 0 Å². The van der Waals surface area contributed by atoms with Gasteiger partial charge in [0.1, 0.15) is 0 Å². The highest BCUT2D eigenvalue weighted by Gasteiger charge is 2.33. The molecule has 6 heteroatoms. The molecule has 106 valence electrons. The minimum atomic E-state index is -1.41. The van der Waals surface area contributed by atoms with Crippen molar-refractivity contribution in [2.24, 2.45) is 5.73 Å². The Balaban J connectivity index is 2.25. The summed E-state index contributed by atoms with van der Waals surface area (Å²) in [4.78, 5) is 1.92. The summed E-state index contributed by atoms with van der Waals surface area (Å²) in [5, 5.41) is 0. The largest absolute Gasteiger partial charge is 0.385 e. The summed E-state index contributed by atoms with van der Waals surface area (Å²) < 4.78 is 45.2. The standard InChI is InChI=1S/C13H17F3N2O/c1-19-4-2-3-18-7-9-8(11(18)6-17)5-10(14)13(16)12(9)15/h5,11H,2-4,6-7,17H2,1H3. The molecule has 1 aliphatic heterocycles. The van der Waals surface area contributed by atoms with Crippen molar-refractivity contribution in [2.75, 3.05) is 26.8 Å². The smallest absolute Gasteiger partial charge is 0.194 e. The number of benzene rings is 1. The van der Waals surface area contributed by atoms with Gasteiger partial charge >= 0.3 is 0 Å². The molecule has 1 atom stereocenters. The van der Waals surface area contributed by atoms with Gasteiger partial charge in [0.15, 0.2) is 17.5 Å². The van der Waals surface area contributed by atoms with Crippen LogP contribution in [0, 0.1) is 17.5 Å². The van der Waals surface area contributed by atoms with Gasteiger partial charge in [-0.2, -0.15) is 0 Å². The van der Waals surface area contributed by atoms with Crippen molar-refractivity contribution in [1.29, 1.82) is 0 Å². The number of nitrogens with two attached hydrogens (primary N) is 1. The van der Waals surface area contributed by atoms with Gasteiger partial charge in [0, 0.05) is 45.0 Å². The van der Waals surface area contributed by atoms with E-state index in [4.69, 9.17) is 10.5 Å². The summed E-state index contributed by atoms with van der Waals surface area (Å²) in [6.07, 6.45) is 0.758. The van der Waals surface area contributed by atoms with Gasteiger partial charge in [-0.3, -0.25) is 4.90 Å². The van der Waals surface area contributed by atoms with Gasteiger partial charge in [0.25, 0.3) is 0 Å². The lowest BCUT2D eigenvalue weighted by Crippen LogP contribution is -2.29. The van der Waals surface area contributed by atoms with E-state index in [1.165, 1.54) is 0 Å². The minimum absolute atomic E-state index is 0.215. The second kappa shape index (κ2) is 5.90. The molecular weight excluding hydrogens is 257 g/mol. The third-order valence-electron chi connectivity index (χ3n) is 3.48. The Bertz CT molecular complexity index is 468. The lowest BCUT2D eigenvalue weighted by atomic mass is 10.0. The molecule has 0 fully saturated rings. The zero-order valence-electron chi connectivity index (χ0n) is 10.8.